The van der Waals surface area contributed by atoms with Crippen LogP contribution in [0.15, 0.2) is 41.4 Å². The lowest BCUT2D eigenvalue weighted by Crippen LogP contribution is -2.21. The van der Waals surface area contributed by atoms with Gasteiger partial charge in [0.25, 0.3) is 5.91 Å². The van der Waals surface area contributed by atoms with E-state index in [1.54, 1.807) is 18.2 Å². The van der Waals surface area contributed by atoms with E-state index in [1.165, 1.54) is 11.3 Å². The molecule has 1 aliphatic heterocycles. The van der Waals surface area contributed by atoms with Crippen LogP contribution in [0.4, 0.5) is 0 Å². The van der Waals surface area contributed by atoms with E-state index in [-0.39, 0.29) is 5.91 Å². The van der Waals surface area contributed by atoms with Crippen LogP contribution in [0.25, 0.3) is 17.2 Å². The van der Waals surface area contributed by atoms with E-state index in [0.717, 1.165) is 16.0 Å². The Morgan fingerprint density at radius 1 is 1.19 bits per heavy atom. The Kier molecular flexibility index (Phi) is 3.52. The molecule has 2 N–H and O–H groups in total. The van der Waals surface area contributed by atoms with Crippen molar-refractivity contribution in [2.45, 2.75) is 0 Å². The highest BCUT2D eigenvalue weighted by molar-refractivity contribution is 7.80. The molecule has 102 valence electrons. The summed E-state index contributed by atoms with van der Waals surface area (Å²) in [6, 6.07) is 11.5. The molecule has 1 aromatic heterocycles. The van der Waals surface area contributed by atoms with E-state index in [9.17, 15) is 4.79 Å². The smallest absolute Gasteiger partial charge is 0.273 e. The Hall–Kier alpha value is -2.49. The van der Waals surface area contributed by atoms with E-state index in [4.69, 9.17) is 17.5 Å². The number of amides is 1. The molecule has 4 nitrogen and oxygen atoms in total. The van der Waals surface area contributed by atoms with Gasteiger partial charge in [0, 0.05) is 4.88 Å². The van der Waals surface area contributed by atoms with E-state index in [0.29, 0.717) is 16.4 Å². The van der Waals surface area contributed by atoms with Gasteiger partial charge >= 0.3 is 0 Å². The van der Waals surface area contributed by atoms with E-state index < -0.39 is 0 Å². The quantitative estimate of drug-likeness (QED) is 0.661. The van der Waals surface area contributed by atoms with Gasteiger partial charge in [-0.05, 0) is 53.0 Å². The lowest BCUT2D eigenvalue weighted by atomic mass is 10.1. The predicted octanol–water partition coefficient (Wildman–Crippen LogP) is 2.63. The summed E-state index contributed by atoms with van der Waals surface area (Å²) in [5.74, 6) is -0.215. The molecule has 6 heteroatoms. The van der Waals surface area contributed by atoms with Crippen LogP contribution in [0.3, 0.4) is 0 Å². The second-order valence-electron chi connectivity index (χ2n) is 4.39. The SMILES string of the molecule is N#Cc1ccc(-c2csc(/C=C3\NC(=S)NC3=O)c2)cc1. The summed E-state index contributed by atoms with van der Waals surface area (Å²) >= 11 is 6.43. The molecule has 0 spiro atoms. The molecular formula is C15H9N3OS2. The topological polar surface area (TPSA) is 64.9 Å². The van der Waals surface area contributed by atoms with Crippen molar-refractivity contribution >= 4 is 40.7 Å². The summed E-state index contributed by atoms with van der Waals surface area (Å²) in [7, 11) is 0. The molecule has 0 atom stereocenters. The fourth-order valence-electron chi connectivity index (χ4n) is 1.94. The Labute approximate surface area is 130 Å². The second-order valence-corrected chi connectivity index (χ2v) is 5.74. The summed E-state index contributed by atoms with van der Waals surface area (Å²) < 4.78 is 0. The fourth-order valence-corrected chi connectivity index (χ4v) is 2.99. The monoisotopic (exact) mass is 311 g/mol. The average Bonchev–Trinajstić information content (AvgIpc) is 3.07. The largest absolute Gasteiger partial charge is 0.328 e. The highest BCUT2D eigenvalue weighted by Gasteiger charge is 2.20. The molecule has 1 aliphatic rings. The first-order chi connectivity index (χ1) is 10.2. The van der Waals surface area contributed by atoms with Gasteiger partial charge in [0.05, 0.1) is 11.6 Å². The number of nitrogens with zero attached hydrogens (tertiary/aromatic N) is 1. The predicted molar refractivity (Wildman–Crippen MR) is 86.3 cm³/mol. The zero-order chi connectivity index (χ0) is 14.8. The van der Waals surface area contributed by atoms with Gasteiger partial charge in [-0.3, -0.25) is 10.1 Å². The van der Waals surface area contributed by atoms with Crippen LogP contribution in [-0.2, 0) is 4.79 Å². The number of hydrogen-bond donors (Lipinski definition) is 2. The average molecular weight is 311 g/mol. The molecule has 0 saturated carbocycles. The lowest BCUT2D eigenvalue weighted by Gasteiger charge is -1.96. The van der Waals surface area contributed by atoms with Gasteiger partial charge in [-0.25, -0.2) is 0 Å². The van der Waals surface area contributed by atoms with Crippen molar-refractivity contribution in [2.24, 2.45) is 0 Å². The summed E-state index contributed by atoms with van der Waals surface area (Å²) in [5.41, 5.74) is 3.18. The third kappa shape index (κ3) is 2.84. The molecule has 3 rings (SSSR count). The van der Waals surface area contributed by atoms with Crippen LogP contribution in [0.2, 0.25) is 0 Å². The van der Waals surface area contributed by atoms with Crippen LogP contribution < -0.4 is 10.6 Å². The first-order valence-corrected chi connectivity index (χ1v) is 7.37. The summed E-state index contributed by atoms with van der Waals surface area (Å²) in [6.45, 7) is 0. The molecule has 1 saturated heterocycles. The van der Waals surface area contributed by atoms with Crippen molar-refractivity contribution in [1.29, 1.82) is 5.26 Å². The molecule has 0 bridgehead atoms. The summed E-state index contributed by atoms with van der Waals surface area (Å²) in [4.78, 5) is 12.5. The number of thiophene rings is 1. The molecule has 0 radical (unpaired) electrons. The second kappa shape index (κ2) is 5.48. The van der Waals surface area contributed by atoms with Gasteiger partial charge in [0.15, 0.2) is 5.11 Å². The molecule has 1 amide bonds. The first-order valence-electron chi connectivity index (χ1n) is 6.09. The number of carbonyl (C=O) groups is 1. The normalized spacial score (nSPS) is 15.7. The van der Waals surface area contributed by atoms with Gasteiger partial charge < -0.3 is 5.32 Å². The molecule has 0 aliphatic carbocycles. The standard InChI is InChI=1S/C15H9N3OS2/c16-7-9-1-3-10(4-2-9)11-5-12(21-8-11)6-13-14(19)18-15(20)17-13/h1-6,8H,(H2,17,18,19,20)/b13-6-. The number of hydrogen-bond acceptors (Lipinski definition) is 4. The maximum atomic E-state index is 11.6. The summed E-state index contributed by atoms with van der Waals surface area (Å²) in [5, 5.41) is 16.5. The van der Waals surface area contributed by atoms with Crippen LogP contribution in [0, 0.1) is 11.3 Å². The first kappa shape index (κ1) is 13.5. The third-order valence-corrected chi connectivity index (χ3v) is 4.06. The Morgan fingerprint density at radius 3 is 2.57 bits per heavy atom. The van der Waals surface area contributed by atoms with Crippen molar-refractivity contribution in [3.8, 4) is 17.2 Å². The van der Waals surface area contributed by atoms with Gasteiger partial charge in [0.2, 0.25) is 0 Å². The van der Waals surface area contributed by atoms with Crippen molar-refractivity contribution in [3.63, 3.8) is 0 Å². The Morgan fingerprint density at radius 2 is 1.95 bits per heavy atom. The van der Waals surface area contributed by atoms with Crippen molar-refractivity contribution < 1.29 is 4.79 Å². The maximum absolute atomic E-state index is 11.6. The lowest BCUT2D eigenvalue weighted by molar-refractivity contribution is -0.115. The Bertz CT molecular complexity index is 797. The van der Waals surface area contributed by atoms with Crippen LogP contribution in [0.1, 0.15) is 10.4 Å². The summed E-state index contributed by atoms with van der Waals surface area (Å²) in [6.07, 6.45) is 1.77. The molecule has 0 unspecified atom stereocenters. The van der Waals surface area contributed by atoms with Gasteiger partial charge in [-0.1, -0.05) is 12.1 Å². The minimum absolute atomic E-state index is 0.215. The minimum atomic E-state index is -0.215. The minimum Gasteiger partial charge on any atom is -0.328 e. The van der Waals surface area contributed by atoms with E-state index in [1.807, 2.05) is 23.6 Å². The van der Waals surface area contributed by atoms with Crippen molar-refractivity contribution in [3.05, 3.63) is 51.8 Å². The van der Waals surface area contributed by atoms with Gasteiger partial charge in [-0.2, -0.15) is 5.26 Å². The van der Waals surface area contributed by atoms with Gasteiger partial charge in [0.1, 0.15) is 5.70 Å². The molecule has 1 aromatic carbocycles. The molecular weight excluding hydrogens is 302 g/mol. The van der Waals surface area contributed by atoms with Crippen LogP contribution in [0.5, 0.6) is 0 Å². The van der Waals surface area contributed by atoms with E-state index in [2.05, 4.69) is 16.7 Å². The molecule has 1 fully saturated rings. The number of rotatable bonds is 2. The zero-order valence-corrected chi connectivity index (χ0v) is 12.3. The van der Waals surface area contributed by atoms with Crippen molar-refractivity contribution in [1.82, 2.24) is 10.6 Å². The number of carbonyl (C=O) groups excluding carboxylic acids is 1. The number of nitriles is 1. The zero-order valence-electron chi connectivity index (χ0n) is 10.7. The van der Waals surface area contributed by atoms with Crippen molar-refractivity contribution in [2.75, 3.05) is 0 Å². The van der Waals surface area contributed by atoms with Gasteiger partial charge in [-0.15, -0.1) is 11.3 Å². The third-order valence-electron chi connectivity index (χ3n) is 2.97. The molecule has 21 heavy (non-hydrogen) atoms. The molecule has 2 heterocycles. The highest BCUT2D eigenvalue weighted by Crippen LogP contribution is 2.27. The fraction of sp³-hybridized carbons (Fsp3) is 0. The number of nitrogens with one attached hydrogen (secondary N) is 2. The number of thiocarbonyl (C=S) groups is 1. The van der Waals surface area contributed by atoms with Crippen LogP contribution >= 0.6 is 23.6 Å². The molecule has 2 aromatic rings. The maximum Gasteiger partial charge on any atom is 0.273 e. The van der Waals surface area contributed by atoms with Crippen LogP contribution in [-0.4, -0.2) is 11.0 Å². The van der Waals surface area contributed by atoms with E-state index >= 15 is 0 Å². The highest BCUT2D eigenvalue weighted by atomic mass is 32.1. The number of benzene rings is 1. The Balaban J connectivity index is 1.86.